The van der Waals surface area contributed by atoms with Gasteiger partial charge in [0, 0.05) is 32.6 Å². The first-order valence-electron chi connectivity index (χ1n) is 5.10. The van der Waals surface area contributed by atoms with E-state index in [-0.39, 0.29) is 5.69 Å². The van der Waals surface area contributed by atoms with Crippen molar-refractivity contribution in [2.75, 3.05) is 12.4 Å². The highest BCUT2D eigenvalue weighted by Crippen LogP contribution is 2.32. The van der Waals surface area contributed by atoms with Crippen LogP contribution < -0.4 is 5.32 Å². The molecule has 0 atom stereocenters. The van der Waals surface area contributed by atoms with E-state index in [1.54, 1.807) is 30.1 Å². The molecule has 0 amide bonds. The van der Waals surface area contributed by atoms with E-state index in [1.807, 2.05) is 7.05 Å². The van der Waals surface area contributed by atoms with Crippen LogP contribution in [0, 0.1) is 10.1 Å². The zero-order valence-corrected chi connectivity index (χ0v) is 10.6. The lowest BCUT2D eigenvalue weighted by molar-refractivity contribution is -0.388. The molecule has 7 nitrogen and oxygen atoms in total. The monoisotopic (exact) mass is 265 g/mol. The van der Waals surface area contributed by atoms with Gasteiger partial charge >= 0.3 is 5.69 Å². The summed E-state index contributed by atoms with van der Waals surface area (Å²) in [5, 5.41) is 14.8. The number of hydrogen-bond donors (Lipinski definition) is 1. The minimum atomic E-state index is -0.447. The van der Waals surface area contributed by atoms with Crippen molar-refractivity contribution in [1.82, 2.24) is 14.5 Å². The maximum Gasteiger partial charge on any atom is 0.301 e. The Hall–Kier alpha value is -2.09. The molecule has 0 fully saturated rings. The van der Waals surface area contributed by atoms with Gasteiger partial charge in [0.25, 0.3) is 0 Å². The molecule has 2 rings (SSSR count). The summed E-state index contributed by atoms with van der Waals surface area (Å²) in [6.45, 7) is 0. The second-order valence-corrected chi connectivity index (χ2v) is 4.41. The predicted molar refractivity (Wildman–Crippen MR) is 67.8 cm³/mol. The number of anilines is 1. The Morgan fingerprint density at radius 1 is 1.50 bits per heavy atom. The fourth-order valence-corrected chi connectivity index (χ4v) is 2.21. The average Bonchev–Trinajstić information content (AvgIpc) is 2.74. The van der Waals surface area contributed by atoms with Crippen LogP contribution in [0.4, 0.5) is 11.5 Å². The molecule has 1 N–H and O–H groups in total. The van der Waals surface area contributed by atoms with Gasteiger partial charge in [-0.15, -0.1) is 0 Å². The predicted octanol–water partition coefficient (Wildman–Crippen LogP) is 1.92. The standard InChI is InChI=1S/C10H11N5O2S/c1-11-8-4-3-7(15(16)17)9(13-8)18-10-12-5-6-14(10)2/h3-6H,1-2H3,(H,11,13). The second kappa shape index (κ2) is 5.05. The summed E-state index contributed by atoms with van der Waals surface area (Å²) in [6.07, 6.45) is 3.41. The van der Waals surface area contributed by atoms with Gasteiger partial charge in [0.1, 0.15) is 5.82 Å². The van der Waals surface area contributed by atoms with Crippen LogP contribution in [0.25, 0.3) is 0 Å². The molecule has 2 heterocycles. The van der Waals surface area contributed by atoms with E-state index < -0.39 is 4.92 Å². The number of aromatic nitrogens is 3. The molecule has 0 spiro atoms. The molecule has 0 radical (unpaired) electrons. The highest BCUT2D eigenvalue weighted by atomic mass is 32.2. The van der Waals surface area contributed by atoms with E-state index in [0.717, 1.165) is 11.8 Å². The molecule has 0 saturated heterocycles. The Morgan fingerprint density at radius 2 is 2.28 bits per heavy atom. The van der Waals surface area contributed by atoms with E-state index in [2.05, 4.69) is 15.3 Å². The second-order valence-electron chi connectivity index (χ2n) is 3.45. The van der Waals surface area contributed by atoms with E-state index >= 15 is 0 Å². The van der Waals surface area contributed by atoms with Crippen LogP contribution in [-0.4, -0.2) is 26.5 Å². The first-order valence-corrected chi connectivity index (χ1v) is 5.92. The Balaban J connectivity index is 2.41. The third-order valence-electron chi connectivity index (χ3n) is 2.26. The summed E-state index contributed by atoms with van der Waals surface area (Å²) < 4.78 is 1.78. The topological polar surface area (TPSA) is 85.9 Å². The van der Waals surface area contributed by atoms with Crippen LogP contribution in [0.3, 0.4) is 0 Å². The molecule has 94 valence electrons. The minimum Gasteiger partial charge on any atom is -0.373 e. The molecular formula is C10H11N5O2S. The lowest BCUT2D eigenvalue weighted by atomic mass is 10.4. The largest absolute Gasteiger partial charge is 0.373 e. The van der Waals surface area contributed by atoms with Gasteiger partial charge in [-0.3, -0.25) is 10.1 Å². The van der Waals surface area contributed by atoms with E-state index in [1.165, 1.54) is 6.07 Å². The number of pyridine rings is 1. The van der Waals surface area contributed by atoms with Gasteiger partial charge in [-0.1, -0.05) is 0 Å². The van der Waals surface area contributed by atoms with Gasteiger partial charge in [0.2, 0.25) is 0 Å². The Labute approximate surface area is 107 Å². The molecular weight excluding hydrogens is 254 g/mol. The Bertz CT molecular complexity index is 583. The lowest BCUT2D eigenvalue weighted by Gasteiger charge is -2.04. The molecule has 0 aliphatic rings. The van der Waals surface area contributed by atoms with E-state index in [9.17, 15) is 10.1 Å². The summed E-state index contributed by atoms with van der Waals surface area (Å²) >= 11 is 1.16. The average molecular weight is 265 g/mol. The molecule has 8 heteroatoms. The van der Waals surface area contributed by atoms with Gasteiger partial charge in [0.15, 0.2) is 10.2 Å². The first-order chi connectivity index (χ1) is 8.61. The van der Waals surface area contributed by atoms with Crippen LogP contribution in [0.1, 0.15) is 0 Å². The van der Waals surface area contributed by atoms with Crippen molar-refractivity contribution in [3.8, 4) is 0 Å². The minimum absolute atomic E-state index is 0.0259. The van der Waals surface area contributed by atoms with Crippen LogP contribution >= 0.6 is 11.8 Å². The van der Waals surface area contributed by atoms with Crippen molar-refractivity contribution >= 4 is 23.3 Å². The molecule has 0 aliphatic heterocycles. The van der Waals surface area contributed by atoms with Crippen molar-refractivity contribution in [1.29, 1.82) is 0 Å². The van der Waals surface area contributed by atoms with Crippen molar-refractivity contribution in [3.05, 3.63) is 34.6 Å². The maximum absolute atomic E-state index is 10.9. The first kappa shape index (κ1) is 12.4. The molecule has 18 heavy (non-hydrogen) atoms. The van der Waals surface area contributed by atoms with Crippen molar-refractivity contribution in [2.24, 2.45) is 7.05 Å². The van der Waals surface area contributed by atoms with E-state index in [4.69, 9.17) is 0 Å². The molecule has 0 unspecified atom stereocenters. The summed E-state index contributed by atoms with van der Waals surface area (Å²) in [4.78, 5) is 18.8. The quantitative estimate of drug-likeness (QED) is 0.671. The van der Waals surface area contributed by atoms with Gasteiger partial charge in [-0.2, -0.15) is 0 Å². The van der Waals surface area contributed by atoms with Gasteiger partial charge in [-0.25, -0.2) is 9.97 Å². The molecule has 2 aromatic rings. The van der Waals surface area contributed by atoms with Crippen molar-refractivity contribution in [2.45, 2.75) is 10.2 Å². The molecule has 0 bridgehead atoms. The number of nitrogens with zero attached hydrogens (tertiary/aromatic N) is 4. The van der Waals surface area contributed by atoms with Crippen LogP contribution in [0.15, 0.2) is 34.7 Å². The van der Waals surface area contributed by atoms with Crippen LogP contribution in [-0.2, 0) is 7.05 Å². The Kier molecular flexibility index (Phi) is 3.47. The number of hydrogen-bond acceptors (Lipinski definition) is 6. The number of nitrogens with one attached hydrogen (secondary N) is 1. The molecule has 0 aliphatic carbocycles. The highest BCUT2D eigenvalue weighted by Gasteiger charge is 2.18. The third-order valence-corrected chi connectivity index (χ3v) is 3.33. The molecule has 0 aromatic carbocycles. The number of aryl methyl sites for hydroxylation is 1. The van der Waals surface area contributed by atoms with Gasteiger partial charge in [0.05, 0.1) is 4.92 Å². The summed E-state index contributed by atoms with van der Waals surface area (Å²) in [7, 11) is 3.53. The van der Waals surface area contributed by atoms with Crippen molar-refractivity contribution in [3.63, 3.8) is 0 Å². The molecule has 2 aromatic heterocycles. The highest BCUT2D eigenvalue weighted by molar-refractivity contribution is 7.99. The fraction of sp³-hybridized carbons (Fsp3) is 0.200. The SMILES string of the molecule is CNc1ccc([N+](=O)[O-])c(Sc2nccn2C)n1. The fourth-order valence-electron chi connectivity index (χ4n) is 1.32. The van der Waals surface area contributed by atoms with Gasteiger partial charge in [-0.05, 0) is 17.8 Å². The maximum atomic E-state index is 10.9. The summed E-state index contributed by atoms with van der Waals surface area (Å²) in [6, 6.07) is 3.00. The van der Waals surface area contributed by atoms with Gasteiger partial charge < -0.3 is 9.88 Å². The van der Waals surface area contributed by atoms with E-state index in [0.29, 0.717) is 16.0 Å². The van der Waals surface area contributed by atoms with Crippen molar-refractivity contribution < 1.29 is 4.92 Å². The number of imidazole rings is 1. The van der Waals surface area contributed by atoms with Crippen LogP contribution in [0.5, 0.6) is 0 Å². The number of nitro groups is 1. The summed E-state index contributed by atoms with van der Waals surface area (Å²) in [5.74, 6) is 0.581. The zero-order chi connectivity index (χ0) is 13.1. The lowest BCUT2D eigenvalue weighted by Crippen LogP contribution is -1.99. The normalized spacial score (nSPS) is 10.3. The zero-order valence-electron chi connectivity index (χ0n) is 9.82. The summed E-state index contributed by atoms with van der Waals surface area (Å²) in [5.41, 5.74) is -0.0259. The number of rotatable bonds is 4. The smallest absolute Gasteiger partial charge is 0.301 e. The third kappa shape index (κ3) is 2.43. The van der Waals surface area contributed by atoms with Crippen LogP contribution in [0.2, 0.25) is 0 Å². The Morgan fingerprint density at radius 3 is 2.83 bits per heavy atom. The molecule has 0 saturated carbocycles.